The van der Waals surface area contributed by atoms with Crippen LogP contribution in [0.3, 0.4) is 0 Å². The fourth-order valence-electron chi connectivity index (χ4n) is 1.13. The molecule has 1 aliphatic rings. The van der Waals surface area contributed by atoms with Gasteiger partial charge in [-0.2, -0.15) is 4.89 Å². The van der Waals surface area contributed by atoms with Crippen molar-refractivity contribution in [3.05, 3.63) is 27.7 Å². The largest absolute Gasteiger partial charge is 0.478 e. The molecule has 0 saturated heterocycles. The van der Waals surface area contributed by atoms with Crippen LogP contribution in [0.2, 0.25) is 0 Å². The highest BCUT2D eigenvalue weighted by Crippen LogP contribution is 2.35. The minimum absolute atomic E-state index is 0.222. The van der Waals surface area contributed by atoms with Gasteiger partial charge in [-0.1, -0.05) is 0 Å². The highest BCUT2D eigenvalue weighted by atomic mass is 79.9. The van der Waals surface area contributed by atoms with Crippen LogP contribution in [-0.4, -0.2) is 11.1 Å². The quantitative estimate of drug-likeness (QED) is 0.768. The van der Waals surface area contributed by atoms with Crippen LogP contribution in [0, 0.1) is 0 Å². The Kier molecular flexibility index (Phi) is 1.97. The number of benzene rings is 1. The SMILES string of the molecule is O=C(O)c1cc(Br)c2c(c1)COO2. The van der Waals surface area contributed by atoms with Gasteiger partial charge in [-0.05, 0) is 28.1 Å². The van der Waals surface area contributed by atoms with Gasteiger partial charge in [0.2, 0.25) is 0 Å². The van der Waals surface area contributed by atoms with Crippen LogP contribution in [0.15, 0.2) is 16.6 Å². The van der Waals surface area contributed by atoms with Gasteiger partial charge in [-0.15, -0.1) is 0 Å². The lowest BCUT2D eigenvalue weighted by Crippen LogP contribution is -1.97. The van der Waals surface area contributed by atoms with Crippen LogP contribution in [0.25, 0.3) is 0 Å². The summed E-state index contributed by atoms with van der Waals surface area (Å²) in [4.78, 5) is 20.2. The van der Waals surface area contributed by atoms with Crippen molar-refractivity contribution in [2.24, 2.45) is 0 Å². The van der Waals surface area contributed by atoms with Crippen molar-refractivity contribution in [3.63, 3.8) is 0 Å². The van der Waals surface area contributed by atoms with E-state index in [2.05, 4.69) is 15.9 Å². The topological polar surface area (TPSA) is 55.8 Å². The summed E-state index contributed by atoms with van der Waals surface area (Å²) in [6.07, 6.45) is 0. The molecule has 1 aromatic rings. The minimum atomic E-state index is -0.963. The minimum Gasteiger partial charge on any atom is -0.478 e. The molecule has 0 aliphatic carbocycles. The molecule has 0 fully saturated rings. The molecule has 0 unspecified atom stereocenters. The second-order valence-corrected chi connectivity index (χ2v) is 3.45. The first kappa shape index (κ1) is 8.52. The standard InChI is InChI=1S/C8H5BrO4/c9-6-2-4(8(10)11)1-5-3-12-13-7(5)6/h1-2H,3H2,(H,10,11). The number of hydrogen-bond acceptors (Lipinski definition) is 3. The lowest BCUT2D eigenvalue weighted by Gasteiger charge is -2.00. The maximum absolute atomic E-state index is 10.7. The van der Waals surface area contributed by atoms with Gasteiger partial charge < -0.3 is 9.99 Å². The van der Waals surface area contributed by atoms with E-state index in [1.54, 1.807) is 0 Å². The number of fused-ring (bicyclic) bond motifs is 1. The Morgan fingerprint density at radius 3 is 3.00 bits per heavy atom. The molecular formula is C8H5BrO4. The average molecular weight is 245 g/mol. The van der Waals surface area contributed by atoms with Crippen molar-refractivity contribution in [2.45, 2.75) is 6.61 Å². The zero-order chi connectivity index (χ0) is 9.42. The third-order valence-electron chi connectivity index (χ3n) is 1.72. The molecule has 0 aromatic heterocycles. The molecule has 4 nitrogen and oxygen atoms in total. The number of hydrogen-bond donors (Lipinski definition) is 1. The fraction of sp³-hybridized carbons (Fsp3) is 0.125. The molecule has 0 saturated carbocycles. The first-order valence-electron chi connectivity index (χ1n) is 3.53. The molecule has 0 amide bonds. The van der Waals surface area contributed by atoms with Gasteiger partial charge in [0.15, 0.2) is 5.75 Å². The summed E-state index contributed by atoms with van der Waals surface area (Å²) in [5, 5.41) is 8.74. The molecule has 1 aromatic carbocycles. The summed E-state index contributed by atoms with van der Waals surface area (Å²) in [7, 11) is 0. The van der Waals surface area contributed by atoms with E-state index < -0.39 is 5.97 Å². The van der Waals surface area contributed by atoms with Crippen molar-refractivity contribution < 1.29 is 19.7 Å². The monoisotopic (exact) mass is 244 g/mol. The van der Waals surface area contributed by atoms with Crippen LogP contribution in [-0.2, 0) is 11.5 Å². The lowest BCUT2D eigenvalue weighted by molar-refractivity contribution is -0.195. The third-order valence-corrected chi connectivity index (χ3v) is 2.31. The van der Waals surface area contributed by atoms with Crippen LogP contribution in [0.4, 0.5) is 0 Å². The Bertz CT molecular complexity index is 375. The predicted molar refractivity (Wildman–Crippen MR) is 46.5 cm³/mol. The fourth-order valence-corrected chi connectivity index (χ4v) is 1.69. The van der Waals surface area contributed by atoms with E-state index in [-0.39, 0.29) is 12.2 Å². The summed E-state index contributed by atoms with van der Waals surface area (Å²) >= 11 is 3.20. The second kappa shape index (κ2) is 3.01. The zero-order valence-corrected chi connectivity index (χ0v) is 8.00. The summed E-state index contributed by atoms with van der Waals surface area (Å²) in [6, 6.07) is 3.02. The highest BCUT2D eigenvalue weighted by Gasteiger charge is 2.20. The van der Waals surface area contributed by atoms with Crippen LogP contribution < -0.4 is 4.89 Å². The van der Waals surface area contributed by atoms with Gasteiger partial charge in [-0.3, -0.25) is 0 Å². The molecule has 1 heterocycles. The maximum atomic E-state index is 10.7. The van der Waals surface area contributed by atoms with Gasteiger partial charge in [0.1, 0.15) is 6.61 Å². The van der Waals surface area contributed by atoms with E-state index in [0.717, 1.165) is 5.56 Å². The number of carboxylic acids is 1. The predicted octanol–water partition coefficient (Wildman–Crippen LogP) is 1.97. The lowest BCUT2D eigenvalue weighted by atomic mass is 10.1. The van der Waals surface area contributed by atoms with Gasteiger partial charge >= 0.3 is 5.97 Å². The molecule has 1 N–H and O–H groups in total. The molecule has 1 aliphatic heterocycles. The van der Waals surface area contributed by atoms with E-state index in [9.17, 15) is 4.79 Å². The zero-order valence-electron chi connectivity index (χ0n) is 6.41. The Balaban J connectivity index is 2.55. The van der Waals surface area contributed by atoms with Crippen molar-refractivity contribution in [1.29, 1.82) is 0 Å². The number of halogens is 1. The first-order valence-corrected chi connectivity index (χ1v) is 4.33. The van der Waals surface area contributed by atoms with E-state index in [1.165, 1.54) is 12.1 Å². The van der Waals surface area contributed by atoms with E-state index >= 15 is 0 Å². The normalized spacial score (nSPS) is 13.6. The van der Waals surface area contributed by atoms with Crippen LogP contribution in [0.1, 0.15) is 15.9 Å². The molecule has 2 rings (SSSR count). The Morgan fingerprint density at radius 1 is 1.54 bits per heavy atom. The molecule has 0 bridgehead atoms. The summed E-state index contributed by atoms with van der Waals surface area (Å²) in [6.45, 7) is 0.287. The summed E-state index contributed by atoms with van der Waals surface area (Å²) in [5.41, 5.74) is 0.964. The Morgan fingerprint density at radius 2 is 2.31 bits per heavy atom. The Labute approximate surface area is 82.1 Å². The van der Waals surface area contributed by atoms with E-state index in [0.29, 0.717) is 10.2 Å². The average Bonchev–Trinajstić information content (AvgIpc) is 2.51. The number of carboxylic acid groups (broad SMARTS) is 1. The second-order valence-electron chi connectivity index (χ2n) is 2.60. The number of aromatic carboxylic acids is 1. The molecule has 68 valence electrons. The summed E-state index contributed by atoms with van der Waals surface area (Å²) < 4.78 is 0.597. The summed E-state index contributed by atoms with van der Waals surface area (Å²) in [5.74, 6) is -0.402. The first-order chi connectivity index (χ1) is 6.18. The van der Waals surface area contributed by atoms with Crippen molar-refractivity contribution in [3.8, 4) is 5.75 Å². The molecular weight excluding hydrogens is 240 g/mol. The van der Waals surface area contributed by atoms with Crippen LogP contribution >= 0.6 is 15.9 Å². The van der Waals surface area contributed by atoms with Gasteiger partial charge in [-0.25, -0.2) is 4.79 Å². The Hall–Kier alpha value is -1.07. The maximum Gasteiger partial charge on any atom is 0.335 e. The van der Waals surface area contributed by atoms with E-state index in [1.807, 2.05) is 0 Å². The molecule has 13 heavy (non-hydrogen) atoms. The van der Waals surface area contributed by atoms with Crippen molar-refractivity contribution in [1.82, 2.24) is 0 Å². The van der Waals surface area contributed by atoms with Crippen LogP contribution in [0.5, 0.6) is 5.75 Å². The van der Waals surface area contributed by atoms with E-state index in [4.69, 9.17) is 14.9 Å². The molecule has 0 spiro atoms. The molecule has 0 radical (unpaired) electrons. The van der Waals surface area contributed by atoms with Crippen molar-refractivity contribution >= 4 is 21.9 Å². The highest BCUT2D eigenvalue weighted by molar-refractivity contribution is 9.10. The van der Waals surface area contributed by atoms with Gasteiger partial charge in [0, 0.05) is 5.56 Å². The number of carbonyl (C=O) groups is 1. The van der Waals surface area contributed by atoms with Gasteiger partial charge in [0.25, 0.3) is 0 Å². The smallest absolute Gasteiger partial charge is 0.335 e. The number of rotatable bonds is 1. The molecule has 5 heteroatoms. The third kappa shape index (κ3) is 1.40. The molecule has 0 atom stereocenters. The van der Waals surface area contributed by atoms with Crippen molar-refractivity contribution in [2.75, 3.05) is 0 Å². The van der Waals surface area contributed by atoms with Gasteiger partial charge in [0.05, 0.1) is 10.0 Å².